The van der Waals surface area contributed by atoms with Crippen LogP contribution < -0.4 is 5.73 Å². The first kappa shape index (κ1) is 11.0. The zero-order valence-electron chi connectivity index (χ0n) is 8.69. The van der Waals surface area contributed by atoms with Gasteiger partial charge >= 0.3 is 0 Å². The third kappa shape index (κ3) is 2.23. The third-order valence-electron chi connectivity index (χ3n) is 2.56. The summed E-state index contributed by atoms with van der Waals surface area (Å²) in [6.45, 7) is 5.35. The number of hydrogen-bond donors (Lipinski definition) is 1. The number of rotatable bonds is 1. The first-order chi connectivity index (χ1) is 6.56. The molecule has 0 aromatic carbocycles. The van der Waals surface area contributed by atoms with Crippen LogP contribution in [0.2, 0.25) is 0 Å². The molecule has 0 spiro atoms. The first-order valence-corrected chi connectivity index (χ1v) is 4.81. The highest BCUT2D eigenvalue weighted by molar-refractivity contribution is 5.79. The van der Waals surface area contributed by atoms with Gasteiger partial charge in [-0.1, -0.05) is 0 Å². The molecule has 0 saturated carbocycles. The molecule has 2 N–H and O–H groups in total. The summed E-state index contributed by atoms with van der Waals surface area (Å²) >= 11 is 0. The molecule has 1 saturated heterocycles. The SMILES string of the molecule is CC(=O)N1CCN(C(=O)CN)C[C@H]1C. The summed E-state index contributed by atoms with van der Waals surface area (Å²) in [5, 5.41) is 0. The number of carbonyl (C=O) groups is 2. The Morgan fingerprint density at radius 1 is 1.43 bits per heavy atom. The van der Waals surface area contributed by atoms with E-state index in [4.69, 9.17) is 5.73 Å². The molecule has 2 amide bonds. The van der Waals surface area contributed by atoms with Gasteiger partial charge in [-0.3, -0.25) is 9.59 Å². The van der Waals surface area contributed by atoms with E-state index >= 15 is 0 Å². The third-order valence-corrected chi connectivity index (χ3v) is 2.56. The van der Waals surface area contributed by atoms with Crippen LogP contribution in [0.1, 0.15) is 13.8 Å². The highest BCUT2D eigenvalue weighted by Crippen LogP contribution is 2.09. The quantitative estimate of drug-likeness (QED) is 0.590. The van der Waals surface area contributed by atoms with Crippen molar-refractivity contribution in [3.8, 4) is 0 Å². The zero-order chi connectivity index (χ0) is 10.7. The number of nitrogens with two attached hydrogens (primary N) is 1. The summed E-state index contributed by atoms with van der Waals surface area (Å²) < 4.78 is 0. The van der Waals surface area contributed by atoms with Crippen molar-refractivity contribution in [1.82, 2.24) is 9.80 Å². The van der Waals surface area contributed by atoms with Crippen LogP contribution in [0.25, 0.3) is 0 Å². The van der Waals surface area contributed by atoms with E-state index in [-0.39, 0.29) is 24.4 Å². The molecule has 5 nitrogen and oxygen atoms in total. The number of piperazine rings is 1. The average molecular weight is 199 g/mol. The second-order valence-electron chi connectivity index (χ2n) is 3.61. The minimum Gasteiger partial charge on any atom is -0.338 e. The van der Waals surface area contributed by atoms with Crippen molar-refractivity contribution < 1.29 is 9.59 Å². The largest absolute Gasteiger partial charge is 0.338 e. The van der Waals surface area contributed by atoms with Gasteiger partial charge in [0.2, 0.25) is 11.8 Å². The van der Waals surface area contributed by atoms with E-state index in [1.54, 1.807) is 16.7 Å². The summed E-state index contributed by atoms with van der Waals surface area (Å²) in [7, 11) is 0. The fraction of sp³-hybridized carbons (Fsp3) is 0.778. The van der Waals surface area contributed by atoms with Crippen molar-refractivity contribution in [3.63, 3.8) is 0 Å². The average Bonchev–Trinajstić information content (AvgIpc) is 2.15. The highest BCUT2D eigenvalue weighted by atomic mass is 16.2. The van der Waals surface area contributed by atoms with Gasteiger partial charge in [-0.2, -0.15) is 0 Å². The Kier molecular flexibility index (Phi) is 3.46. The van der Waals surface area contributed by atoms with Crippen LogP contribution in [0.4, 0.5) is 0 Å². The Morgan fingerprint density at radius 2 is 2.07 bits per heavy atom. The Morgan fingerprint density at radius 3 is 2.50 bits per heavy atom. The maximum atomic E-state index is 11.3. The number of hydrogen-bond acceptors (Lipinski definition) is 3. The Labute approximate surface area is 83.8 Å². The Balaban J connectivity index is 2.55. The molecular weight excluding hydrogens is 182 g/mol. The Bertz CT molecular complexity index is 242. The zero-order valence-corrected chi connectivity index (χ0v) is 8.69. The van der Waals surface area contributed by atoms with Crippen LogP contribution >= 0.6 is 0 Å². The molecule has 1 fully saturated rings. The maximum Gasteiger partial charge on any atom is 0.236 e. The van der Waals surface area contributed by atoms with Gasteiger partial charge in [0, 0.05) is 32.6 Å². The predicted octanol–water partition coefficient (Wildman–Crippen LogP) is -0.976. The van der Waals surface area contributed by atoms with E-state index in [2.05, 4.69) is 0 Å². The molecule has 0 unspecified atom stereocenters. The molecule has 1 aliphatic heterocycles. The maximum absolute atomic E-state index is 11.3. The molecule has 1 aliphatic rings. The second-order valence-corrected chi connectivity index (χ2v) is 3.61. The molecule has 1 atom stereocenters. The number of nitrogens with zero attached hydrogens (tertiary/aromatic N) is 2. The van der Waals surface area contributed by atoms with Crippen LogP contribution in [0.3, 0.4) is 0 Å². The van der Waals surface area contributed by atoms with Crippen LogP contribution in [-0.2, 0) is 9.59 Å². The Hall–Kier alpha value is -1.10. The van der Waals surface area contributed by atoms with E-state index in [0.29, 0.717) is 19.6 Å². The molecule has 0 bridgehead atoms. The smallest absolute Gasteiger partial charge is 0.236 e. The fourth-order valence-corrected chi connectivity index (χ4v) is 1.78. The van der Waals surface area contributed by atoms with E-state index in [0.717, 1.165) is 0 Å². The minimum absolute atomic E-state index is 0.0416. The van der Waals surface area contributed by atoms with E-state index in [1.807, 2.05) is 6.92 Å². The van der Waals surface area contributed by atoms with Gasteiger partial charge in [0.25, 0.3) is 0 Å². The molecule has 5 heteroatoms. The van der Waals surface area contributed by atoms with Gasteiger partial charge < -0.3 is 15.5 Å². The topological polar surface area (TPSA) is 66.6 Å². The van der Waals surface area contributed by atoms with Gasteiger partial charge in [-0.25, -0.2) is 0 Å². The normalized spacial score (nSPS) is 22.4. The summed E-state index contributed by atoms with van der Waals surface area (Å²) in [5.74, 6) is 0.0254. The van der Waals surface area contributed by atoms with Gasteiger partial charge in [0.05, 0.1) is 6.54 Å². The molecule has 80 valence electrons. The van der Waals surface area contributed by atoms with Crippen molar-refractivity contribution in [2.24, 2.45) is 5.73 Å². The van der Waals surface area contributed by atoms with Crippen molar-refractivity contribution in [2.75, 3.05) is 26.2 Å². The van der Waals surface area contributed by atoms with Gasteiger partial charge in [-0.15, -0.1) is 0 Å². The van der Waals surface area contributed by atoms with E-state index in [1.165, 1.54) is 0 Å². The minimum atomic E-state index is -0.0416. The standard InChI is InChI=1S/C9H17N3O2/c1-7-6-11(9(14)5-10)3-4-12(7)8(2)13/h7H,3-6,10H2,1-2H3/t7-/m1/s1. The second kappa shape index (κ2) is 4.41. The molecule has 0 aromatic heterocycles. The first-order valence-electron chi connectivity index (χ1n) is 4.81. The highest BCUT2D eigenvalue weighted by Gasteiger charge is 2.27. The van der Waals surface area contributed by atoms with E-state index in [9.17, 15) is 9.59 Å². The van der Waals surface area contributed by atoms with Crippen molar-refractivity contribution in [1.29, 1.82) is 0 Å². The molecule has 14 heavy (non-hydrogen) atoms. The lowest BCUT2D eigenvalue weighted by Gasteiger charge is -2.39. The van der Waals surface area contributed by atoms with Gasteiger partial charge in [0.15, 0.2) is 0 Å². The van der Waals surface area contributed by atoms with Gasteiger partial charge in [-0.05, 0) is 6.92 Å². The summed E-state index contributed by atoms with van der Waals surface area (Å²) in [6, 6.07) is 0.0942. The molecular formula is C9H17N3O2. The number of amides is 2. The molecule has 0 aliphatic carbocycles. The van der Waals surface area contributed by atoms with Crippen LogP contribution in [0.5, 0.6) is 0 Å². The van der Waals surface area contributed by atoms with Crippen molar-refractivity contribution in [3.05, 3.63) is 0 Å². The van der Waals surface area contributed by atoms with Crippen LogP contribution in [0, 0.1) is 0 Å². The predicted molar refractivity (Wildman–Crippen MR) is 52.5 cm³/mol. The fourth-order valence-electron chi connectivity index (χ4n) is 1.78. The summed E-state index contributed by atoms with van der Waals surface area (Å²) in [5.41, 5.74) is 5.27. The lowest BCUT2D eigenvalue weighted by atomic mass is 10.2. The van der Waals surface area contributed by atoms with Crippen molar-refractivity contribution >= 4 is 11.8 Å². The monoisotopic (exact) mass is 199 g/mol. The van der Waals surface area contributed by atoms with Gasteiger partial charge in [0.1, 0.15) is 0 Å². The summed E-state index contributed by atoms with van der Waals surface area (Å²) in [6.07, 6.45) is 0. The lowest BCUT2D eigenvalue weighted by Crippen LogP contribution is -2.55. The van der Waals surface area contributed by atoms with E-state index < -0.39 is 0 Å². The van der Waals surface area contributed by atoms with Crippen molar-refractivity contribution in [2.45, 2.75) is 19.9 Å². The molecule has 0 radical (unpaired) electrons. The lowest BCUT2D eigenvalue weighted by molar-refractivity contribution is -0.140. The number of carbonyl (C=O) groups excluding carboxylic acids is 2. The molecule has 1 rings (SSSR count). The molecule has 1 heterocycles. The summed E-state index contributed by atoms with van der Waals surface area (Å²) in [4.78, 5) is 25.9. The molecule has 0 aromatic rings. The van der Waals surface area contributed by atoms with Crippen LogP contribution in [-0.4, -0.2) is 53.8 Å². The van der Waals surface area contributed by atoms with Crippen LogP contribution in [0.15, 0.2) is 0 Å².